The summed E-state index contributed by atoms with van der Waals surface area (Å²) in [6, 6.07) is 8.07. The molecule has 0 amide bonds. The van der Waals surface area contributed by atoms with Gasteiger partial charge in [-0.15, -0.1) is 10.2 Å². The highest BCUT2D eigenvalue weighted by molar-refractivity contribution is 7.99. The zero-order valence-corrected chi connectivity index (χ0v) is 11.7. The van der Waals surface area contributed by atoms with Gasteiger partial charge in [0.25, 0.3) is 5.22 Å². The van der Waals surface area contributed by atoms with Gasteiger partial charge in [0.1, 0.15) is 0 Å². The van der Waals surface area contributed by atoms with Crippen molar-refractivity contribution >= 4 is 11.8 Å². The van der Waals surface area contributed by atoms with Crippen molar-refractivity contribution in [2.75, 3.05) is 26.4 Å². The summed E-state index contributed by atoms with van der Waals surface area (Å²) in [4.78, 5) is 2.13. The van der Waals surface area contributed by atoms with Gasteiger partial charge in [0.15, 0.2) is 0 Å². The maximum absolute atomic E-state index is 5.61. The fraction of sp³-hybridized carbons (Fsp3) is 0.385. The number of aromatic nitrogens is 2. The molecule has 0 saturated carbocycles. The SMILES string of the molecule is Cc1ccc(-c2nnc(SCCN(C)C)o2)cc1. The number of aryl methyl sites for hydroxylation is 1. The van der Waals surface area contributed by atoms with Crippen molar-refractivity contribution in [3.8, 4) is 11.5 Å². The van der Waals surface area contributed by atoms with Crippen LogP contribution in [0.2, 0.25) is 0 Å². The van der Waals surface area contributed by atoms with Crippen LogP contribution in [0.1, 0.15) is 5.56 Å². The second kappa shape index (κ2) is 6.02. The molecular formula is C13H17N3OS. The standard InChI is InChI=1S/C13H17N3OS/c1-10-4-6-11(7-5-10)12-14-15-13(17-12)18-9-8-16(2)3/h4-7H,8-9H2,1-3H3. The highest BCUT2D eigenvalue weighted by Crippen LogP contribution is 2.23. The molecule has 0 aliphatic heterocycles. The molecule has 96 valence electrons. The summed E-state index contributed by atoms with van der Waals surface area (Å²) in [5.41, 5.74) is 2.19. The van der Waals surface area contributed by atoms with Gasteiger partial charge < -0.3 is 9.32 Å². The molecule has 5 heteroatoms. The minimum atomic E-state index is 0.586. The molecule has 0 aliphatic rings. The van der Waals surface area contributed by atoms with Crippen LogP contribution in [-0.2, 0) is 0 Å². The molecule has 0 saturated heterocycles. The summed E-state index contributed by atoms with van der Waals surface area (Å²) in [5, 5.41) is 8.73. The molecule has 2 aromatic rings. The van der Waals surface area contributed by atoms with Crippen molar-refractivity contribution in [3.05, 3.63) is 29.8 Å². The van der Waals surface area contributed by atoms with Gasteiger partial charge in [-0.1, -0.05) is 29.5 Å². The smallest absolute Gasteiger partial charge is 0.276 e. The third-order valence-corrected chi connectivity index (χ3v) is 3.27. The van der Waals surface area contributed by atoms with Crippen molar-refractivity contribution in [3.63, 3.8) is 0 Å². The van der Waals surface area contributed by atoms with Crippen molar-refractivity contribution in [1.82, 2.24) is 15.1 Å². The highest BCUT2D eigenvalue weighted by Gasteiger charge is 2.08. The maximum Gasteiger partial charge on any atom is 0.276 e. The highest BCUT2D eigenvalue weighted by atomic mass is 32.2. The van der Waals surface area contributed by atoms with E-state index in [2.05, 4.69) is 22.0 Å². The van der Waals surface area contributed by atoms with Crippen LogP contribution in [0, 0.1) is 6.92 Å². The zero-order chi connectivity index (χ0) is 13.0. The summed E-state index contributed by atoms with van der Waals surface area (Å²) < 4.78 is 5.61. The number of hydrogen-bond donors (Lipinski definition) is 0. The van der Waals surface area contributed by atoms with E-state index in [4.69, 9.17) is 4.42 Å². The first-order valence-electron chi connectivity index (χ1n) is 5.83. The summed E-state index contributed by atoms with van der Waals surface area (Å²) in [6.45, 7) is 3.05. The van der Waals surface area contributed by atoms with Gasteiger partial charge in [-0.3, -0.25) is 0 Å². The first kappa shape index (κ1) is 13.1. The Labute approximate surface area is 111 Å². The maximum atomic E-state index is 5.61. The fourth-order valence-electron chi connectivity index (χ4n) is 1.40. The summed E-state index contributed by atoms with van der Waals surface area (Å²) >= 11 is 1.59. The molecule has 2 rings (SSSR count). The van der Waals surface area contributed by atoms with Crippen LogP contribution in [0.5, 0.6) is 0 Å². The Balaban J connectivity index is 1.99. The molecule has 0 N–H and O–H groups in total. The third-order valence-electron chi connectivity index (χ3n) is 2.47. The predicted octanol–water partition coefficient (Wildman–Crippen LogP) is 2.70. The Morgan fingerprint density at radius 1 is 1.17 bits per heavy atom. The van der Waals surface area contributed by atoms with E-state index in [-0.39, 0.29) is 0 Å². The lowest BCUT2D eigenvalue weighted by atomic mass is 10.1. The number of rotatable bonds is 5. The van der Waals surface area contributed by atoms with Crippen molar-refractivity contribution in [2.45, 2.75) is 12.1 Å². The molecule has 1 aromatic carbocycles. The van der Waals surface area contributed by atoms with Gasteiger partial charge >= 0.3 is 0 Å². The van der Waals surface area contributed by atoms with Gasteiger partial charge in [0.2, 0.25) is 5.89 Å². The number of nitrogens with zero attached hydrogens (tertiary/aromatic N) is 3. The molecule has 4 nitrogen and oxygen atoms in total. The Kier molecular flexibility index (Phi) is 4.38. The largest absolute Gasteiger partial charge is 0.411 e. The van der Waals surface area contributed by atoms with E-state index < -0.39 is 0 Å². The average Bonchev–Trinajstić information content (AvgIpc) is 2.78. The van der Waals surface area contributed by atoms with Crippen molar-refractivity contribution in [2.24, 2.45) is 0 Å². The first-order valence-corrected chi connectivity index (χ1v) is 6.82. The van der Waals surface area contributed by atoms with Crippen molar-refractivity contribution < 1.29 is 4.42 Å². The minimum Gasteiger partial charge on any atom is -0.411 e. The van der Waals surface area contributed by atoms with Crippen LogP contribution in [0.3, 0.4) is 0 Å². The molecule has 0 atom stereocenters. The molecule has 18 heavy (non-hydrogen) atoms. The van der Waals surface area contributed by atoms with E-state index >= 15 is 0 Å². The van der Waals surface area contributed by atoms with Crippen molar-refractivity contribution in [1.29, 1.82) is 0 Å². The quantitative estimate of drug-likeness (QED) is 0.776. The van der Waals surface area contributed by atoms with Crippen LogP contribution in [0.15, 0.2) is 33.9 Å². The molecular weight excluding hydrogens is 246 g/mol. The van der Waals surface area contributed by atoms with Gasteiger partial charge in [-0.05, 0) is 33.2 Å². The predicted molar refractivity (Wildman–Crippen MR) is 73.7 cm³/mol. The van der Waals surface area contributed by atoms with E-state index in [1.54, 1.807) is 11.8 Å². The van der Waals surface area contributed by atoms with E-state index in [1.807, 2.05) is 38.4 Å². The minimum absolute atomic E-state index is 0.586. The fourth-order valence-corrected chi connectivity index (χ4v) is 2.26. The Bertz CT molecular complexity index is 493. The monoisotopic (exact) mass is 263 g/mol. The lowest BCUT2D eigenvalue weighted by Crippen LogP contribution is -2.14. The Morgan fingerprint density at radius 3 is 2.56 bits per heavy atom. The number of hydrogen-bond acceptors (Lipinski definition) is 5. The summed E-state index contributed by atoms with van der Waals surface area (Å²) in [5.74, 6) is 1.53. The van der Waals surface area contributed by atoms with Crippen LogP contribution >= 0.6 is 11.8 Å². The first-order chi connectivity index (χ1) is 8.65. The normalized spacial score (nSPS) is 11.1. The van der Waals surface area contributed by atoms with E-state index in [0.29, 0.717) is 11.1 Å². The Morgan fingerprint density at radius 2 is 1.89 bits per heavy atom. The second-order valence-corrected chi connectivity index (χ2v) is 5.44. The molecule has 0 bridgehead atoms. The average molecular weight is 263 g/mol. The van der Waals surface area contributed by atoms with Gasteiger partial charge in [-0.2, -0.15) is 0 Å². The van der Waals surface area contributed by atoms with Crippen LogP contribution < -0.4 is 0 Å². The van der Waals surface area contributed by atoms with Gasteiger partial charge in [0.05, 0.1) is 0 Å². The molecule has 1 heterocycles. The van der Waals surface area contributed by atoms with Crippen LogP contribution in [0.4, 0.5) is 0 Å². The molecule has 0 unspecified atom stereocenters. The molecule has 0 fully saturated rings. The summed E-state index contributed by atoms with van der Waals surface area (Å²) in [7, 11) is 4.10. The zero-order valence-electron chi connectivity index (χ0n) is 10.9. The molecule has 0 radical (unpaired) electrons. The second-order valence-electron chi connectivity index (χ2n) is 4.39. The van der Waals surface area contributed by atoms with E-state index in [0.717, 1.165) is 17.9 Å². The van der Waals surface area contributed by atoms with Crippen LogP contribution in [0.25, 0.3) is 11.5 Å². The Hall–Kier alpha value is -1.33. The molecule has 0 spiro atoms. The molecule has 0 aliphatic carbocycles. The lowest BCUT2D eigenvalue weighted by Gasteiger charge is -2.06. The van der Waals surface area contributed by atoms with Gasteiger partial charge in [0, 0.05) is 17.9 Å². The van der Waals surface area contributed by atoms with E-state index in [1.165, 1.54) is 5.56 Å². The summed E-state index contributed by atoms with van der Waals surface area (Å²) in [6.07, 6.45) is 0. The number of benzene rings is 1. The van der Waals surface area contributed by atoms with Crippen LogP contribution in [-0.4, -0.2) is 41.5 Å². The number of thioether (sulfide) groups is 1. The third kappa shape index (κ3) is 3.58. The van der Waals surface area contributed by atoms with Gasteiger partial charge in [-0.25, -0.2) is 0 Å². The molecule has 1 aromatic heterocycles. The lowest BCUT2D eigenvalue weighted by molar-refractivity contribution is 0.434. The van der Waals surface area contributed by atoms with E-state index in [9.17, 15) is 0 Å². The topological polar surface area (TPSA) is 42.2 Å².